The van der Waals surface area contributed by atoms with Crippen LogP contribution >= 0.6 is 0 Å². The van der Waals surface area contributed by atoms with E-state index in [0.717, 1.165) is 72.3 Å². The Labute approximate surface area is 264 Å². The molecule has 0 unspecified atom stereocenters. The Morgan fingerprint density at radius 2 is 1.34 bits per heavy atom. The monoisotopic (exact) mass is 594 g/mol. The van der Waals surface area contributed by atoms with Crippen LogP contribution < -0.4 is 5.19 Å². The van der Waals surface area contributed by atoms with Crippen LogP contribution in [0.4, 0.5) is 0 Å². The standard InChI is InChI=1S/C40H40N2OSi/c1-25(2)32-23-28(27-15-9-8-10-16-27)24-33(26(3)4)37(32)42-38-34(20-14-22-36(38)44(5,6)7)41-40(42)31-19-13-18-30-29-17-11-12-21-35(29)43-39(30)31/h8-26H,1-7H3/i25D,26D. The second-order valence-corrected chi connectivity index (χ2v) is 18.3. The van der Waals surface area contributed by atoms with Crippen LogP contribution in [-0.2, 0) is 0 Å². The van der Waals surface area contributed by atoms with E-state index in [0.29, 0.717) is 0 Å². The summed E-state index contributed by atoms with van der Waals surface area (Å²) in [6.07, 6.45) is 0. The number of aromatic nitrogens is 2. The number of furan rings is 1. The van der Waals surface area contributed by atoms with Crippen molar-refractivity contribution in [2.45, 2.75) is 59.1 Å². The van der Waals surface area contributed by atoms with Crippen LogP contribution in [0.15, 0.2) is 108 Å². The number of imidazole rings is 1. The summed E-state index contributed by atoms with van der Waals surface area (Å²) in [7, 11) is -1.90. The summed E-state index contributed by atoms with van der Waals surface area (Å²) in [4.78, 5) is 5.38. The van der Waals surface area contributed by atoms with Gasteiger partial charge in [-0.25, -0.2) is 4.98 Å². The van der Waals surface area contributed by atoms with Gasteiger partial charge in [-0.3, -0.25) is 4.57 Å². The third kappa shape index (κ3) is 4.60. The molecule has 0 saturated heterocycles. The summed E-state index contributed by atoms with van der Waals surface area (Å²) < 4.78 is 27.9. The molecule has 5 aromatic carbocycles. The zero-order valence-corrected chi connectivity index (χ0v) is 27.6. The molecular weight excluding hydrogens is 553 g/mol. The van der Waals surface area contributed by atoms with E-state index < -0.39 is 19.9 Å². The van der Waals surface area contributed by atoms with Gasteiger partial charge in [0.25, 0.3) is 0 Å². The first-order valence-electron chi connectivity index (χ1n) is 16.4. The highest BCUT2D eigenvalue weighted by Crippen LogP contribution is 2.42. The topological polar surface area (TPSA) is 31.0 Å². The fourth-order valence-corrected chi connectivity index (χ4v) is 8.03. The number of hydrogen-bond donors (Lipinski definition) is 0. The molecule has 220 valence electrons. The van der Waals surface area contributed by atoms with Gasteiger partial charge in [0.05, 0.1) is 30.4 Å². The largest absolute Gasteiger partial charge is 0.455 e. The van der Waals surface area contributed by atoms with E-state index >= 15 is 0 Å². The van der Waals surface area contributed by atoms with Crippen molar-refractivity contribution in [3.05, 3.63) is 114 Å². The number of benzene rings is 5. The summed E-state index contributed by atoms with van der Waals surface area (Å²) in [5.41, 5.74) is 9.10. The molecule has 0 aliphatic rings. The average Bonchev–Trinajstić information content (AvgIpc) is 3.58. The molecule has 0 aliphatic carbocycles. The van der Waals surface area contributed by atoms with Crippen molar-refractivity contribution >= 4 is 46.2 Å². The van der Waals surface area contributed by atoms with Crippen molar-refractivity contribution in [2.24, 2.45) is 0 Å². The minimum atomic E-state index is -1.90. The smallest absolute Gasteiger partial charge is 0.149 e. The molecule has 0 bridgehead atoms. The first kappa shape index (κ1) is 26.0. The molecule has 0 saturated carbocycles. The van der Waals surface area contributed by atoms with Crippen molar-refractivity contribution in [1.82, 2.24) is 9.55 Å². The molecule has 2 heterocycles. The lowest BCUT2D eigenvalue weighted by Gasteiger charge is -2.26. The normalized spacial score (nSPS) is 13.5. The maximum absolute atomic E-state index is 9.54. The highest BCUT2D eigenvalue weighted by atomic mass is 28.3. The van der Waals surface area contributed by atoms with Crippen LogP contribution in [0, 0.1) is 0 Å². The van der Waals surface area contributed by atoms with Gasteiger partial charge in [-0.05, 0) is 69.6 Å². The molecule has 0 N–H and O–H groups in total. The molecule has 3 nitrogen and oxygen atoms in total. The predicted octanol–water partition coefficient (Wildman–Crippen LogP) is 11.1. The third-order valence-electron chi connectivity index (χ3n) is 8.65. The zero-order valence-electron chi connectivity index (χ0n) is 28.6. The first-order chi connectivity index (χ1) is 21.7. The van der Waals surface area contributed by atoms with Gasteiger partial charge in [0.1, 0.15) is 17.0 Å². The molecule has 44 heavy (non-hydrogen) atoms. The molecule has 0 atom stereocenters. The Hall–Kier alpha value is -4.41. The molecule has 7 aromatic rings. The number of para-hydroxylation sites is 3. The molecule has 0 amide bonds. The number of hydrogen-bond acceptors (Lipinski definition) is 2. The Morgan fingerprint density at radius 3 is 2.02 bits per heavy atom. The Morgan fingerprint density at radius 1 is 0.705 bits per heavy atom. The quantitative estimate of drug-likeness (QED) is 0.179. The van der Waals surface area contributed by atoms with Gasteiger partial charge in [-0.1, -0.05) is 120 Å². The van der Waals surface area contributed by atoms with Crippen molar-refractivity contribution in [1.29, 1.82) is 0 Å². The van der Waals surface area contributed by atoms with E-state index in [9.17, 15) is 2.74 Å². The van der Waals surface area contributed by atoms with Crippen LogP contribution in [0.3, 0.4) is 0 Å². The van der Waals surface area contributed by atoms with E-state index in [1.54, 1.807) is 0 Å². The van der Waals surface area contributed by atoms with E-state index in [-0.39, 0.29) is 0 Å². The van der Waals surface area contributed by atoms with Gasteiger partial charge >= 0.3 is 0 Å². The van der Waals surface area contributed by atoms with Crippen molar-refractivity contribution in [3.63, 3.8) is 0 Å². The molecule has 2 aromatic heterocycles. The minimum absolute atomic E-state index is 0.758. The number of rotatable bonds is 6. The molecule has 0 aliphatic heterocycles. The number of nitrogens with zero attached hydrogens (tertiary/aromatic N) is 2. The summed E-state index contributed by atoms with van der Waals surface area (Å²) in [5.74, 6) is -1.20. The highest BCUT2D eigenvalue weighted by Gasteiger charge is 2.29. The second-order valence-electron chi connectivity index (χ2n) is 13.3. The van der Waals surface area contributed by atoms with Crippen LogP contribution in [-0.4, -0.2) is 17.6 Å². The summed E-state index contributed by atoms with van der Waals surface area (Å²) in [6, 6.07) is 35.5. The van der Waals surface area contributed by atoms with Crippen molar-refractivity contribution in [3.8, 4) is 28.2 Å². The van der Waals surface area contributed by atoms with Crippen molar-refractivity contribution in [2.75, 3.05) is 0 Å². The Kier molecular flexibility index (Phi) is 6.29. The SMILES string of the molecule is [2H]C(C)(C)c1cc(-c2ccccc2)cc(C([2H])(C)C)c1-n1c(-c2cccc3c2oc2ccccc23)nc2cccc([Si](C)(C)C)c21. The van der Waals surface area contributed by atoms with Gasteiger partial charge in [0.15, 0.2) is 0 Å². The van der Waals surface area contributed by atoms with E-state index in [2.05, 4.69) is 90.9 Å². The Balaban J connectivity index is 1.70. The number of fused-ring (bicyclic) bond motifs is 4. The average molecular weight is 595 g/mol. The minimum Gasteiger partial charge on any atom is -0.455 e. The van der Waals surface area contributed by atoms with E-state index in [4.69, 9.17) is 9.40 Å². The van der Waals surface area contributed by atoms with Crippen molar-refractivity contribution < 1.29 is 7.16 Å². The Bertz CT molecular complexity index is 2230. The van der Waals surface area contributed by atoms with Crippen LogP contribution in [0.5, 0.6) is 0 Å². The van der Waals surface area contributed by atoms with E-state index in [1.807, 2.05) is 64.1 Å². The van der Waals surface area contributed by atoms with Gasteiger partial charge < -0.3 is 4.42 Å². The predicted molar refractivity (Wildman–Crippen MR) is 190 cm³/mol. The summed E-state index contributed by atoms with van der Waals surface area (Å²) in [5, 5.41) is 3.40. The maximum Gasteiger partial charge on any atom is 0.149 e. The highest BCUT2D eigenvalue weighted by molar-refractivity contribution is 6.90. The van der Waals surface area contributed by atoms with Gasteiger partial charge in [-0.15, -0.1) is 0 Å². The van der Waals surface area contributed by atoms with Gasteiger partial charge in [-0.2, -0.15) is 0 Å². The van der Waals surface area contributed by atoms with Gasteiger partial charge in [0.2, 0.25) is 0 Å². The molecule has 4 heteroatoms. The lowest BCUT2D eigenvalue weighted by Crippen LogP contribution is -2.38. The van der Waals surface area contributed by atoms with Crippen LogP contribution in [0.1, 0.15) is 53.4 Å². The van der Waals surface area contributed by atoms with E-state index in [1.165, 1.54) is 5.19 Å². The second kappa shape index (κ2) is 10.6. The molecule has 7 rings (SSSR count). The zero-order chi connectivity index (χ0) is 32.6. The summed E-state index contributed by atoms with van der Waals surface area (Å²) >= 11 is 0. The molecule has 0 radical (unpaired) electrons. The third-order valence-corrected chi connectivity index (χ3v) is 10.7. The lowest BCUT2D eigenvalue weighted by atomic mass is 9.88. The molecule has 0 spiro atoms. The van der Waals surface area contributed by atoms with Crippen LogP contribution in [0.2, 0.25) is 19.6 Å². The maximum atomic E-state index is 9.54. The summed E-state index contributed by atoms with van der Waals surface area (Å²) in [6.45, 7) is 14.9. The fourth-order valence-electron chi connectivity index (χ4n) is 6.49. The van der Waals surface area contributed by atoms with Gasteiger partial charge in [0, 0.05) is 13.5 Å². The molecular formula is C40H40N2OSi. The lowest BCUT2D eigenvalue weighted by molar-refractivity contribution is 0.669. The van der Waals surface area contributed by atoms with Crippen LogP contribution in [0.25, 0.3) is 61.2 Å². The first-order valence-corrected chi connectivity index (χ1v) is 18.9. The molecule has 0 fully saturated rings. The fraction of sp³-hybridized carbons (Fsp3) is 0.225.